The lowest BCUT2D eigenvalue weighted by atomic mass is 10.1. The van der Waals surface area contributed by atoms with Crippen molar-refractivity contribution in [3.63, 3.8) is 0 Å². The smallest absolute Gasteiger partial charge is 0.149 e. The van der Waals surface area contributed by atoms with Gasteiger partial charge in [0.25, 0.3) is 0 Å². The maximum absolute atomic E-state index is 5.68. The molecule has 0 aliphatic rings. The number of hydrogen-bond acceptors (Lipinski definition) is 2. The fourth-order valence-corrected chi connectivity index (χ4v) is 3.09. The van der Waals surface area contributed by atoms with E-state index in [-0.39, 0.29) is 0 Å². The minimum Gasteiger partial charge on any atom is -0.481 e. The summed E-state index contributed by atoms with van der Waals surface area (Å²) in [5.74, 6) is 7.59. The topological polar surface area (TPSA) is 18.5 Å². The second-order valence-corrected chi connectivity index (χ2v) is 6.71. The lowest BCUT2D eigenvalue weighted by Crippen LogP contribution is -1.97. The Kier molecular flexibility index (Phi) is 6.45. The first kappa shape index (κ1) is 19.4. The molecular weight excluding hydrogens is 368 g/mol. The number of rotatable bonds is 6. The molecule has 30 heavy (non-hydrogen) atoms. The quantitative estimate of drug-likeness (QED) is 0.351. The summed E-state index contributed by atoms with van der Waals surface area (Å²) in [5, 5.41) is 0. The molecule has 0 saturated carbocycles. The molecule has 0 N–H and O–H groups in total. The van der Waals surface area contributed by atoms with Crippen molar-refractivity contribution in [1.82, 2.24) is 0 Å². The molecule has 0 aromatic heterocycles. The van der Waals surface area contributed by atoms with Gasteiger partial charge in [-0.25, -0.2) is 0 Å². The third-order valence-corrected chi connectivity index (χ3v) is 4.67. The lowest BCUT2D eigenvalue weighted by Gasteiger charge is -2.05. The van der Waals surface area contributed by atoms with Crippen LogP contribution in [0.2, 0.25) is 0 Å². The molecule has 2 nitrogen and oxygen atoms in total. The average Bonchev–Trinajstić information content (AvgIpc) is 2.83. The summed E-state index contributed by atoms with van der Waals surface area (Å²) < 4.78 is 11.4. The zero-order valence-corrected chi connectivity index (χ0v) is 16.6. The first-order chi connectivity index (χ1) is 14.9. The van der Waals surface area contributed by atoms with Crippen molar-refractivity contribution in [2.45, 2.75) is 0 Å². The minimum absolute atomic E-state index is 0.334. The number of benzene rings is 4. The van der Waals surface area contributed by atoms with Crippen LogP contribution in [-0.2, 0) is 0 Å². The van der Waals surface area contributed by atoms with Gasteiger partial charge in [0.05, 0.1) is 0 Å². The van der Waals surface area contributed by atoms with Crippen molar-refractivity contribution in [3.8, 4) is 45.6 Å². The van der Waals surface area contributed by atoms with Crippen LogP contribution in [0.1, 0.15) is 0 Å². The molecule has 0 spiro atoms. The van der Waals surface area contributed by atoms with Crippen molar-refractivity contribution in [2.75, 3.05) is 13.2 Å². The Morgan fingerprint density at radius 1 is 0.400 bits per heavy atom. The lowest BCUT2D eigenvalue weighted by molar-refractivity contribution is 0.362. The Bertz CT molecular complexity index is 1010. The fraction of sp³-hybridized carbons (Fsp3) is 0.0714. The summed E-state index contributed by atoms with van der Waals surface area (Å²) in [4.78, 5) is 0. The van der Waals surface area contributed by atoms with Crippen molar-refractivity contribution < 1.29 is 9.47 Å². The first-order valence-electron chi connectivity index (χ1n) is 9.91. The van der Waals surface area contributed by atoms with Gasteiger partial charge in [0.1, 0.15) is 24.7 Å². The Morgan fingerprint density at radius 3 is 1.10 bits per heavy atom. The van der Waals surface area contributed by atoms with Gasteiger partial charge in [-0.15, -0.1) is 0 Å². The van der Waals surface area contributed by atoms with Crippen LogP contribution in [0.25, 0.3) is 22.3 Å². The van der Waals surface area contributed by atoms with Crippen LogP contribution < -0.4 is 9.47 Å². The monoisotopic (exact) mass is 390 g/mol. The predicted octanol–water partition coefficient (Wildman–Crippen LogP) is 6.48. The number of ether oxygens (including phenoxy) is 2. The predicted molar refractivity (Wildman–Crippen MR) is 123 cm³/mol. The molecule has 0 heterocycles. The highest BCUT2D eigenvalue weighted by Crippen LogP contribution is 2.23. The Labute approximate surface area is 177 Å². The van der Waals surface area contributed by atoms with Gasteiger partial charge in [-0.3, -0.25) is 0 Å². The van der Waals surface area contributed by atoms with E-state index in [1.165, 1.54) is 22.3 Å². The molecule has 2 heteroatoms. The van der Waals surface area contributed by atoms with Crippen molar-refractivity contribution in [3.05, 3.63) is 109 Å². The van der Waals surface area contributed by atoms with Gasteiger partial charge in [-0.2, -0.15) is 0 Å². The molecule has 0 fully saturated rings. The molecule has 0 saturated heterocycles. The summed E-state index contributed by atoms with van der Waals surface area (Å²) in [6.45, 7) is 0.669. The average molecular weight is 390 g/mol. The van der Waals surface area contributed by atoms with E-state index in [1.54, 1.807) is 0 Å². The molecule has 4 aromatic carbocycles. The zero-order chi connectivity index (χ0) is 20.4. The number of hydrogen-bond donors (Lipinski definition) is 0. The van der Waals surface area contributed by atoms with Crippen LogP contribution in [0.5, 0.6) is 11.5 Å². The normalized spacial score (nSPS) is 10.0. The third kappa shape index (κ3) is 5.31. The summed E-state index contributed by atoms with van der Waals surface area (Å²) in [6, 6.07) is 36.6. The van der Waals surface area contributed by atoms with Gasteiger partial charge in [-0.1, -0.05) is 96.8 Å². The highest BCUT2D eigenvalue weighted by molar-refractivity contribution is 5.64. The highest BCUT2D eigenvalue weighted by Gasteiger charge is 1.98. The van der Waals surface area contributed by atoms with Crippen LogP contribution in [0.3, 0.4) is 0 Å². The third-order valence-electron chi connectivity index (χ3n) is 4.67. The van der Waals surface area contributed by atoms with Crippen LogP contribution in [-0.4, -0.2) is 13.2 Å². The molecule has 4 rings (SSSR count). The minimum atomic E-state index is 0.334. The van der Waals surface area contributed by atoms with E-state index < -0.39 is 0 Å². The second kappa shape index (κ2) is 10.0. The molecule has 0 aliphatic carbocycles. The summed E-state index contributed by atoms with van der Waals surface area (Å²) in [5.41, 5.74) is 4.72. The zero-order valence-electron chi connectivity index (χ0n) is 16.6. The van der Waals surface area contributed by atoms with Gasteiger partial charge < -0.3 is 9.47 Å². The Balaban J connectivity index is 1.22. The molecule has 0 radical (unpaired) electrons. The van der Waals surface area contributed by atoms with Crippen molar-refractivity contribution >= 4 is 0 Å². The highest BCUT2D eigenvalue weighted by atomic mass is 16.5. The fourth-order valence-electron chi connectivity index (χ4n) is 3.09. The standard InChI is InChI=1S/C28H22O2/c1-3-9-23(10-4-1)25-13-17-27(18-14-25)29-21-7-8-22-30-28-19-15-26(16-20-28)24-11-5-2-6-12-24/h1-6,9-20H,21-22H2. The van der Waals surface area contributed by atoms with Crippen LogP contribution in [0.15, 0.2) is 109 Å². The van der Waals surface area contributed by atoms with E-state index in [0.29, 0.717) is 13.2 Å². The molecule has 0 bridgehead atoms. The largest absolute Gasteiger partial charge is 0.481 e. The summed E-state index contributed by atoms with van der Waals surface area (Å²) in [6.07, 6.45) is 0. The van der Waals surface area contributed by atoms with E-state index in [0.717, 1.165) is 11.5 Å². The van der Waals surface area contributed by atoms with E-state index in [2.05, 4.69) is 60.4 Å². The summed E-state index contributed by atoms with van der Waals surface area (Å²) in [7, 11) is 0. The van der Waals surface area contributed by atoms with Crippen LogP contribution in [0.4, 0.5) is 0 Å². The molecular formula is C28H22O2. The van der Waals surface area contributed by atoms with Gasteiger partial charge in [0, 0.05) is 0 Å². The molecule has 0 unspecified atom stereocenters. The van der Waals surface area contributed by atoms with Gasteiger partial charge >= 0.3 is 0 Å². The maximum atomic E-state index is 5.68. The summed E-state index contributed by atoms with van der Waals surface area (Å²) >= 11 is 0. The van der Waals surface area contributed by atoms with Crippen LogP contribution in [0, 0.1) is 11.8 Å². The molecule has 0 aliphatic heterocycles. The Hall–Kier alpha value is -3.96. The second-order valence-electron chi connectivity index (χ2n) is 6.71. The van der Waals surface area contributed by atoms with Crippen molar-refractivity contribution in [2.24, 2.45) is 0 Å². The maximum Gasteiger partial charge on any atom is 0.149 e. The molecule has 0 atom stereocenters. The van der Waals surface area contributed by atoms with E-state index in [4.69, 9.17) is 9.47 Å². The van der Waals surface area contributed by atoms with Crippen molar-refractivity contribution in [1.29, 1.82) is 0 Å². The molecule has 0 amide bonds. The van der Waals surface area contributed by atoms with E-state index in [1.807, 2.05) is 60.7 Å². The van der Waals surface area contributed by atoms with Gasteiger partial charge in [0.2, 0.25) is 0 Å². The van der Waals surface area contributed by atoms with Gasteiger partial charge in [0.15, 0.2) is 0 Å². The molecule has 146 valence electrons. The van der Waals surface area contributed by atoms with E-state index in [9.17, 15) is 0 Å². The Morgan fingerprint density at radius 2 is 0.733 bits per heavy atom. The van der Waals surface area contributed by atoms with Crippen LogP contribution >= 0.6 is 0 Å². The SMILES string of the molecule is C(#CCOc1ccc(-c2ccccc2)cc1)COc1ccc(-c2ccccc2)cc1. The first-order valence-corrected chi connectivity index (χ1v) is 9.91. The van der Waals surface area contributed by atoms with E-state index >= 15 is 0 Å². The molecule has 4 aromatic rings. The van der Waals surface area contributed by atoms with Gasteiger partial charge in [-0.05, 0) is 46.5 Å².